The van der Waals surface area contributed by atoms with Gasteiger partial charge in [-0.05, 0) is 36.8 Å². The Morgan fingerprint density at radius 2 is 1.25 bits per heavy atom. The van der Waals surface area contributed by atoms with E-state index in [1.807, 2.05) is 95.9 Å². The molecule has 0 aromatic heterocycles. The minimum Gasteiger partial charge on any atom is -0.429 e. The molecule has 5 nitrogen and oxygen atoms in total. The number of carbonyl (C=O) groups excluding carboxylic acids is 2. The lowest BCUT2D eigenvalue weighted by atomic mass is 10.1. The highest BCUT2D eigenvalue weighted by Gasteiger charge is 2.27. The Bertz CT molecular complexity index is 858. The van der Waals surface area contributed by atoms with Crippen molar-refractivity contribution in [1.82, 2.24) is 0 Å². The van der Waals surface area contributed by atoms with E-state index in [0.717, 1.165) is 16.9 Å². The summed E-state index contributed by atoms with van der Waals surface area (Å²) in [4.78, 5) is 26.3. The van der Waals surface area contributed by atoms with Crippen molar-refractivity contribution in [2.75, 3.05) is 4.90 Å². The number of anilines is 2. The van der Waals surface area contributed by atoms with E-state index in [-0.39, 0.29) is 6.61 Å². The number of ether oxygens (including phenoxy) is 2. The average molecular weight is 375 g/mol. The van der Waals surface area contributed by atoms with E-state index in [4.69, 9.17) is 9.47 Å². The Morgan fingerprint density at radius 3 is 1.75 bits per heavy atom. The molecule has 0 spiro atoms. The van der Waals surface area contributed by atoms with E-state index < -0.39 is 18.2 Å². The van der Waals surface area contributed by atoms with Gasteiger partial charge in [0.1, 0.15) is 12.6 Å². The van der Waals surface area contributed by atoms with Crippen LogP contribution in [0.3, 0.4) is 0 Å². The zero-order valence-electron chi connectivity index (χ0n) is 15.5. The lowest BCUT2D eigenvalue weighted by Gasteiger charge is -2.29. The third-order valence-electron chi connectivity index (χ3n) is 4.18. The first-order valence-corrected chi connectivity index (χ1v) is 8.97. The third-order valence-corrected chi connectivity index (χ3v) is 4.18. The van der Waals surface area contributed by atoms with Gasteiger partial charge >= 0.3 is 12.1 Å². The first kappa shape index (κ1) is 19.2. The predicted octanol–water partition coefficient (Wildman–Crippen LogP) is 5.09. The zero-order chi connectivity index (χ0) is 19.8. The van der Waals surface area contributed by atoms with Crippen molar-refractivity contribution in [3.63, 3.8) is 0 Å². The molecule has 1 atom stereocenters. The average Bonchev–Trinajstić information content (AvgIpc) is 2.74. The van der Waals surface area contributed by atoms with Crippen LogP contribution in [0.5, 0.6) is 0 Å². The minimum absolute atomic E-state index is 0.0441. The van der Waals surface area contributed by atoms with Crippen molar-refractivity contribution in [3.05, 3.63) is 96.6 Å². The number of hydrogen-bond acceptors (Lipinski definition) is 5. The molecule has 0 aliphatic heterocycles. The minimum atomic E-state index is -1.01. The molecular weight excluding hydrogens is 354 g/mol. The van der Waals surface area contributed by atoms with Crippen LogP contribution in [0.1, 0.15) is 12.5 Å². The van der Waals surface area contributed by atoms with Gasteiger partial charge in [0.2, 0.25) is 0 Å². The number of benzene rings is 3. The summed E-state index contributed by atoms with van der Waals surface area (Å²) in [7, 11) is 0. The number of nitrogens with zero attached hydrogens (tertiary/aromatic N) is 1. The lowest BCUT2D eigenvalue weighted by Crippen LogP contribution is -2.38. The molecule has 28 heavy (non-hydrogen) atoms. The third kappa shape index (κ3) is 4.98. The van der Waals surface area contributed by atoms with Crippen molar-refractivity contribution in [1.29, 1.82) is 0 Å². The van der Waals surface area contributed by atoms with Gasteiger partial charge in [0, 0.05) is 11.4 Å². The first-order valence-electron chi connectivity index (χ1n) is 8.97. The molecule has 0 N–H and O–H groups in total. The molecule has 5 heteroatoms. The maximum Gasteiger partial charge on any atom is 0.516 e. The van der Waals surface area contributed by atoms with Crippen LogP contribution < -0.4 is 4.90 Å². The number of hydrogen-bond donors (Lipinski definition) is 0. The Hall–Kier alpha value is -3.60. The monoisotopic (exact) mass is 375 g/mol. The van der Waals surface area contributed by atoms with Crippen molar-refractivity contribution in [2.24, 2.45) is 0 Å². The molecule has 3 aromatic rings. The van der Waals surface area contributed by atoms with Crippen LogP contribution in [0.2, 0.25) is 0 Å². The van der Waals surface area contributed by atoms with Crippen molar-refractivity contribution < 1.29 is 19.1 Å². The summed E-state index contributed by atoms with van der Waals surface area (Å²) in [5.41, 5.74) is 2.45. The van der Waals surface area contributed by atoms with Crippen LogP contribution in [0.4, 0.5) is 16.2 Å². The van der Waals surface area contributed by atoms with E-state index in [1.165, 1.54) is 0 Å². The first-order chi connectivity index (χ1) is 13.6. The summed E-state index contributed by atoms with van der Waals surface area (Å²) >= 11 is 0. The molecule has 0 aliphatic carbocycles. The van der Waals surface area contributed by atoms with Gasteiger partial charge in [-0.2, -0.15) is 0 Å². The topological polar surface area (TPSA) is 55.8 Å². The zero-order valence-corrected chi connectivity index (χ0v) is 15.5. The summed E-state index contributed by atoms with van der Waals surface area (Å²) < 4.78 is 9.96. The maximum atomic E-state index is 12.6. The van der Waals surface area contributed by atoms with Crippen LogP contribution in [-0.2, 0) is 20.9 Å². The van der Waals surface area contributed by atoms with Gasteiger partial charge in [0.05, 0.1) is 0 Å². The number of esters is 1. The molecule has 0 heterocycles. The number of rotatable bonds is 6. The molecule has 0 saturated carbocycles. The number of carbonyl (C=O) groups is 2. The molecule has 0 radical (unpaired) electrons. The maximum absolute atomic E-state index is 12.6. The molecule has 0 fully saturated rings. The lowest BCUT2D eigenvalue weighted by molar-refractivity contribution is -0.141. The van der Waals surface area contributed by atoms with Crippen LogP contribution in [0.25, 0.3) is 0 Å². The quantitative estimate of drug-likeness (QED) is 0.443. The predicted molar refractivity (Wildman–Crippen MR) is 107 cm³/mol. The van der Waals surface area contributed by atoms with E-state index in [1.54, 1.807) is 6.92 Å². The second kappa shape index (κ2) is 9.37. The smallest absolute Gasteiger partial charge is 0.429 e. The van der Waals surface area contributed by atoms with Crippen LogP contribution in [0.15, 0.2) is 91.0 Å². The summed E-state index contributed by atoms with van der Waals surface area (Å²) in [6.07, 6.45) is -1.01. The molecular formula is C23H21NO4. The summed E-state index contributed by atoms with van der Waals surface area (Å²) in [6, 6.07) is 27.4. The van der Waals surface area contributed by atoms with Gasteiger partial charge in [-0.1, -0.05) is 66.7 Å². The Kier molecular flexibility index (Phi) is 6.41. The largest absolute Gasteiger partial charge is 0.516 e. The molecule has 142 valence electrons. The van der Waals surface area contributed by atoms with E-state index in [2.05, 4.69) is 0 Å². The standard InChI is InChI=1S/C23H21NO4/c1-18(22(25)28-23(26)27-17-19-11-5-2-6-12-19)24(20-13-7-3-8-14-20)21-15-9-4-10-16-21/h2-16,18H,17H2,1H3/t18-/m0/s1. The highest BCUT2D eigenvalue weighted by molar-refractivity contribution is 5.89. The van der Waals surface area contributed by atoms with Crippen molar-refractivity contribution in [2.45, 2.75) is 19.6 Å². The summed E-state index contributed by atoms with van der Waals surface area (Å²) in [5.74, 6) is -0.689. The molecule has 0 unspecified atom stereocenters. The fraction of sp³-hybridized carbons (Fsp3) is 0.130. The highest BCUT2D eigenvalue weighted by atomic mass is 16.7. The molecule has 0 aliphatic rings. The molecule has 3 rings (SSSR count). The van der Waals surface area contributed by atoms with Gasteiger partial charge in [0.15, 0.2) is 0 Å². The van der Waals surface area contributed by atoms with E-state index in [9.17, 15) is 9.59 Å². The second-order valence-electron chi connectivity index (χ2n) is 6.16. The van der Waals surface area contributed by atoms with Crippen LogP contribution in [-0.4, -0.2) is 18.2 Å². The Morgan fingerprint density at radius 1 is 0.786 bits per heavy atom. The highest BCUT2D eigenvalue weighted by Crippen LogP contribution is 2.28. The van der Waals surface area contributed by atoms with Gasteiger partial charge in [0.25, 0.3) is 0 Å². The van der Waals surface area contributed by atoms with Gasteiger partial charge in [-0.3, -0.25) is 0 Å². The van der Waals surface area contributed by atoms with Crippen molar-refractivity contribution in [3.8, 4) is 0 Å². The Balaban J connectivity index is 1.69. The normalized spacial score (nSPS) is 11.3. The molecule has 0 saturated heterocycles. The van der Waals surface area contributed by atoms with Gasteiger partial charge in [-0.25, -0.2) is 9.59 Å². The number of para-hydroxylation sites is 2. The van der Waals surface area contributed by atoms with E-state index in [0.29, 0.717) is 0 Å². The van der Waals surface area contributed by atoms with Gasteiger partial charge in [-0.15, -0.1) is 0 Å². The fourth-order valence-corrected chi connectivity index (χ4v) is 2.79. The SMILES string of the molecule is C[C@@H](C(=O)OC(=O)OCc1ccccc1)N(c1ccccc1)c1ccccc1. The second-order valence-corrected chi connectivity index (χ2v) is 6.16. The van der Waals surface area contributed by atoms with Crippen molar-refractivity contribution >= 4 is 23.5 Å². The van der Waals surface area contributed by atoms with E-state index >= 15 is 0 Å². The Labute approximate surface area is 164 Å². The molecule has 0 amide bonds. The molecule has 0 bridgehead atoms. The summed E-state index contributed by atoms with van der Waals surface area (Å²) in [6.45, 7) is 1.73. The fourth-order valence-electron chi connectivity index (χ4n) is 2.79. The molecule has 3 aromatic carbocycles. The van der Waals surface area contributed by atoms with Crippen LogP contribution in [0, 0.1) is 0 Å². The van der Waals surface area contributed by atoms with Crippen LogP contribution >= 0.6 is 0 Å². The summed E-state index contributed by atoms with van der Waals surface area (Å²) in [5, 5.41) is 0. The van der Waals surface area contributed by atoms with Gasteiger partial charge < -0.3 is 14.4 Å².